The summed E-state index contributed by atoms with van der Waals surface area (Å²) in [5.74, 6) is -2.54. The third-order valence-corrected chi connectivity index (χ3v) is 4.92. The van der Waals surface area contributed by atoms with Crippen molar-refractivity contribution in [1.29, 1.82) is 0 Å². The average Bonchev–Trinajstić information content (AvgIpc) is 2.77. The van der Waals surface area contributed by atoms with Gasteiger partial charge in [-0.1, -0.05) is 37.6 Å². The van der Waals surface area contributed by atoms with Crippen molar-refractivity contribution in [3.05, 3.63) is 95.1 Å². The van der Waals surface area contributed by atoms with Crippen molar-refractivity contribution in [2.75, 3.05) is 0 Å². The Labute approximate surface area is 188 Å². The topological polar surface area (TPSA) is 26.3 Å². The second-order valence-corrected chi connectivity index (χ2v) is 7.44. The van der Waals surface area contributed by atoms with E-state index in [0.29, 0.717) is 17.2 Å². The Morgan fingerprint density at radius 1 is 0.909 bits per heavy atom. The van der Waals surface area contributed by atoms with Gasteiger partial charge in [0.05, 0.1) is 5.56 Å². The van der Waals surface area contributed by atoms with Gasteiger partial charge >= 0.3 is 12.1 Å². The second-order valence-electron chi connectivity index (χ2n) is 7.44. The molecule has 3 rings (SSSR count). The Hall–Kier alpha value is -3.48. The third kappa shape index (κ3) is 6.75. The number of carbonyl (C=O) groups excluding carboxylic acids is 1. The standard InChI is InChI=1S/C26H21F5O2/c1-2-3-4-17-5-7-19(8-6-17)25(32)33-21-11-9-18(10-12-21)20-15-23(27)22(24(28)16-20)13-14-26(29,30)31/h5-16H,2-4H2,1H3. The van der Waals surface area contributed by atoms with Crippen LogP contribution in [0.4, 0.5) is 22.0 Å². The van der Waals surface area contributed by atoms with Gasteiger partial charge in [-0.15, -0.1) is 0 Å². The van der Waals surface area contributed by atoms with Crippen molar-refractivity contribution < 1.29 is 31.5 Å². The quantitative estimate of drug-likeness (QED) is 0.205. The monoisotopic (exact) mass is 460 g/mol. The molecule has 3 aromatic carbocycles. The molecule has 0 atom stereocenters. The third-order valence-electron chi connectivity index (χ3n) is 4.92. The lowest BCUT2D eigenvalue weighted by atomic mass is 10.0. The van der Waals surface area contributed by atoms with E-state index in [-0.39, 0.29) is 17.4 Å². The van der Waals surface area contributed by atoms with Crippen molar-refractivity contribution in [2.45, 2.75) is 32.4 Å². The smallest absolute Gasteiger partial charge is 0.409 e. The molecule has 0 saturated carbocycles. The first kappa shape index (κ1) is 24.2. The van der Waals surface area contributed by atoms with E-state index in [9.17, 15) is 26.7 Å². The number of ether oxygens (including phenoxy) is 1. The summed E-state index contributed by atoms with van der Waals surface area (Å²) >= 11 is 0. The van der Waals surface area contributed by atoms with Crippen LogP contribution in [0.25, 0.3) is 17.2 Å². The van der Waals surface area contributed by atoms with Crippen LogP contribution in [-0.2, 0) is 6.42 Å². The summed E-state index contributed by atoms with van der Waals surface area (Å²) in [6.07, 6.45) is -1.46. The first-order valence-electron chi connectivity index (χ1n) is 10.3. The predicted octanol–water partition coefficient (Wildman–Crippen LogP) is 7.77. The summed E-state index contributed by atoms with van der Waals surface area (Å²) in [5.41, 5.74) is 1.29. The van der Waals surface area contributed by atoms with E-state index in [4.69, 9.17) is 4.74 Å². The summed E-state index contributed by atoms with van der Waals surface area (Å²) in [6.45, 7) is 2.11. The number of carbonyl (C=O) groups is 1. The van der Waals surface area contributed by atoms with Gasteiger partial charge in [-0.25, -0.2) is 13.6 Å². The van der Waals surface area contributed by atoms with Gasteiger partial charge in [0.1, 0.15) is 17.4 Å². The van der Waals surface area contributed by atoms with E-state index >= 15 is 0 Å². The normalized spacial score (nSPS) is 11.7. The molecule has 2 nitrogen and oxygen atoms in total. The molecule has 33 heavy (non-hydrogen) atoms. The Morgan fingerprint density at radius 2 is 1.52 bits per heavy atom. The lowest BCUT2D eigenvalue weighted by molar-refractivity contribution is -0.0790. The van der Waals surface area contributed by atoms with Crippen LogP contribution in [0.3, 0.4) is 0 Å². The molecule has 0 aromatic heterocycles. The van der Waals surface area contributed by atoms with Crippen molar-refractivity contribution in [3.8, 4) is 16.9 Å². The summed E-state index contributed by atoms with van der Waals surface area (Å²) in [4.78, 5) is 12.3. The van der Waals surface area contributed by atoms with Crippen LogP contribution in [0.5, 0.6) is 5.75 Å². The van der Waals surface area contributed by atoms with E-state index in [1.165, 1.54) is 24.3 Å². The summed E-state index contributed by atoms with van der Waals surface area (Å²) < 4.78 is 70.5. The number of aryl methyl sites for hydroxylation is 1. The fourth-order valence-electron chi connectivity index (χ4n) is 3.16. The van der Waals surface area contributed by atoms with E-state index in [1.54, 1.807) is 12.1 Å². The van der Waals surface area contributed by atoms with Crippen molar-refractivity contribution in [2.24, 2.45) is 0 Å². The zero-order valence-electron chi connectivity index (χ0n) is 17.8. The van der Waals surface area contributed by atoms with Crippen molar-refractivity contribution >= 4 is 12.0 Å². The molecular weight excluding hydrogens is 439 g/mol. The maximum absolute atomic E-state index is 14.2. The molecule has 0 N–H and O–H groups in total. The highest BCUT2D eigenvalue weighted by Crippen LogP contribution is 2.28. The van der Waals surface area contributed by atoms with Crippen molar-refractivity contribution in [1.82, 2.24) is 0 Å². The maximum atomic E-state index is 14.2. The van der Waals surface area contributed by atoms with Gasteiger partial charge in [0, 0.05) is 11.6 Å². The molecule has 0 fully saturated rings. The highest BCUT2D eigenvalue weighted by molar-refractivity contribution is 5.91. The van der Waals surface area contributed by atoms with Gasteiger partial charge in [0.15, 0.2) is 0 Å². The zero-order valence-corrected chi connectivity index (χ0v) is 17.8. The first-order valence-corrected chi connectivity index (χ1v) is 10.3. The Kier molecular flexibility index (Phi) is 7.63. The highest BCUT2D eigenvalue weighted by atomic mass is 19.4. The minimum atomic E-state index is -4.68. The Bertz CT molecular complexity index is 1110. The number of rotatable bonds is 7. The van der Waals surface area contributed by atoms with E-state index in [1.807, 2.05) is 12.1 Å². The molecule has 0 aliphatic carbocycles. The van der Waals surface area contributed by atoms with Gasteiger partial charge < -0.3 is 4.74 Å². The fraction of sp³-hybridized carbons (Fsp3) is 0.192. The number of unbranched alkanes of at least 4 members (excludes halogenated alkanes) is 1. The van der Waals surface area contributed by atoms with E-state index < -0.39 is 29.3 Å². The molecular formula is C26H21F5O2. The van der Waals surface area contributed by atoms with Crippen LogP contribution in [0.1, 0.15) is 41.3 Å². The number of esters is 1. The molecule has 0 unspecified atom stereocenters. The molecule has 0 saturated heterocycles. The number of alkyl halides is 3. The molecule has 7 heteroatoms. The average molecular weight is 460 g/mol. The number of halogens is 5. The van der Waals surface area contributed by atoms with Gasteiger partial charge in [-0.05, 0) is 72.0 Å². The van der Waals surface area contributed by atoms with Crippen LogP contribution < -0.4 is 4.74 Å². The zero-order chi connectivity index (χ0) is 24.0. The fourth-order valence-corrected chi connectivity index (χ4v) is 3.16. The summed E-state index contributed by atoms with van der Waals surface area (Å²) in [7, 11) is 0. The second kappa shape index (κ2) is 10.4. The predicted molar refractivity (Wildman–Crippen MR) is 117 cm³/mol. The Morgan fingerprint density at radius 3 is 2.06 bits per heavy atom. The first-order chi connectivity index (χ1) is 15.7. The van der Waals surface area contributed by atoms with Gasteiger partial charge in [0.25, 0.3) is 0 Å². The number of hydrogen-bond acceptors (Lipinski definition) is 2. The lowest BCUT2D eigenvalue weighted by Crippen LogP contribution is -2.08. The molecule has 3 aromatic rings. The Balaban J connectivity index is 1.71. The van der Waals surface area contributed by atoms with E-state index in [2.05, 4.69) is 6.92 Å². The molecule has 0 amide bonds. The minimum absolute atomic E-state index is 0.134. The van der Waals surface area contributed by atoms with Crippen LogP contribution in [0.2, 0.25) is 0 Å². The molecule has 0 spiro atoms. The summed E-state index contributed by atoms with van der Waals surface area (Å²) in [5, 5.41) is 0. The van der Waals surface area contributed by atoms with Crippen molar-refractivity contribution in [3.63, 3.8) is 0 Å². The van der Waals surface area contributed by atoms with Crippen LogP contribution in [-0.4, -0.2) is 12.1 Å². The summed E-state index contributed by atoms with van der Waals surface area (Å²) in [6, 6.07) is 15.0. The molecule has 0 radical (unpaired) electrons. The van der Waals surface area contributed by atoms with Gasteiger partial charge in [-0.2, -0.15) is 13.2 Å². The van der Waals surface area contributed by atoms with Crippen LogP contribution >= 0.6 is 0 Å². The number of hydrogen-bond donors (Lipinski definition) is 0. The highest BCUT2D eigenvalue weighted by Gasteiger charge is 2.23. The van der Waals surface area contributed by atoms with Gasteiger partial charge in [-0.3, -0.25) is 0 Å². The SMILES string of the molecule is CCCCc1ccc(C(=O)Oc2ccc(-c3cc(F)c(C=CC(F)(F)F)c(F)c3)cc2)cc1. The number of benzene rings is 3. The molecule has 0 aliphatic heterocycles. The number of allylic oxidation sites excluding steroid dienone is 1. The molecule has 172 valence electrons. The van der Waals surface area contributed by atoms with Crippen LogP contribution in [0, 0.1) is 11.6 Å². The maximum Gasteiger partial charge on any atom is 0.409 e. The lowest BCUT2D eigenvalue weighted by Gasteiger charge is -2.09. The molecule has 0 bridgehead atoms. The minimum Gasteiger partial charge on any atom is -0.423 e. The molecule has 0 aliphatic rings. The van der Waals surface area contributed by atoms with Crippen LogP contribution in [0.15, 0.2) is 66.7 Å². The molecule has 0 heterocycles. The largest absolute Gasteiger partial charge is 0.423 e. The van der Waals surface area contributed by atoms with Gasteiger partial charge in [0.2, 0.25) is 0 Å². The van der Waals surface area contributed by atoms with E-state index in [0.717, 1.165) is 37.0 Å².